The number of rotatable bonds is 31. The van der Waals surface area contributed by atoms with E-state index in [1.165, 1.54) is 30.9 Å². The summed E-state index contributed by atoms with van der Waals surface area (Å²) in [6.07, 6.45) is -0.105. The van der Waals surface area contributed by atoms with Crippen LogP contribution in [-0.4, -0.2) is 206 Å². The quantitative estimate of drug-likeness (QED) is 0.0506. The number of hydrogen-bond acceptors (Lipinski definition) is 13. The van der Waals surface area contributed by atoms with Crippen molar-refractivity contribution in [3.63, 3.8) is 0 Å². The van der Waals surface area contributed by atoms with E-state index in [0.717, 1.165) is 20.3 Å². The molecule has 3 rings (SSSR count). The van der Waals surface area contributed by atoms with Gasteiger partial charge in [-0.2, -0.15) is 0 Å². The average molecular weight is 1160 g/mol. The number of aliphatic carboxylic acids is 2. The molecule has 0 saturated carbocycles. The maximum atomic E-state index is 14.8. The predicted octanol–water partition coefficient (Wildman–Crippen LogP) is 0.633. The molecular formula is C57H90N10O15. The molecule has 0 bridgehead atoms. The van der Waals surface area contributed by atoms with Crippen molar-refractivity contribution < 1.29 is 72.9 Å². The van der Waals surface area contributed by atoms with Crippen LogP contribution in [0.25, 0.3) is 0 Å². The molecule has 2 heterocycles. The lowest BCUT2D eigenvalue weighted by molar-refractivity contribution is -0.153. The fourth-order valence-electron chi connectivity index (χ4n) is 10.4. The number of nitrogens with two attached hydrogens (primary N) is 1. The van der Waals surface area contributed by atoms with E-state index in [-0.39, 0.29) is 57.5 Å². The molecule has 10 amide bonds. The summed E-state index contributed by atoms with van der Waals surface area (Å²) in [7, 11) is 3.88. The number of benzene rings is 1. The maximum absolute atomic E-state index is 14.8. The van der Waals surface area contributed by atoms with Gasteiger partial charge in [-0.3, -0.25) is 52.7 Å². The molecular weight excluding hydrogens is 1060 g/mol. The van der Waals surface area contributed by atoms with Crippen LogP contribution in [0, 0.1) is 23.7 Å². The van der Waals surface area contributed by atoms with Gasteiger partial charge in [0.1, 0.15) is 54.4 Å². The summed E-state index contributed by atoms with van der Waals surface area (Å²) in [6, 6.07) is -1.02. The summed E-state index contributed by atoms with van der Waals surface area (Å²) in [6.45, 7) is 13.3. The van der Waals surface area contributed by atoms with Crippen LogP contribution in [0.3, 0.4) is 0 Å². The summed E-state index contributed by atoms with van der Waals surface area (Å²) >= 11 is 0. The van der Waals surface area contributed by atoms with Crippen LogP contribution >= 0.6 is 0 Å². The minimum absolute atomic E-state index is 0.0819. The summed E-state index contributed by atoms with van der Waals surface area (Å²) in [5, 5.41) is 40.5. The largest absolute Gasteiger partial charge is 0.481 e. The highest BCUT2D eigenvalue weighted by atomic mass is 16.4. The Morgan fingerprint density at radius 2 is 1.20 bits per heavy atom. The van der Waals surface area contributed by atoms with Gasteiger partial charge in [-0.25, -0.2) is 4.79 Å². The normalized spacial score (nSPS) is 18.5. The van der Waals surface area contributed by atoms with Crippen LogP contribution in [0.5, 0.6) is 0 Å². The van der Waals surface area contributed by atoms with Crippen LogP contribution in [0.15, 0.2) is 30.3 Å². The van der Waals surface area contributed by atoms with Gasteiger partial charge in [-0.15, -0.1) is 0 Å². The standard InChI is InChI=1S/C57H90N10O15/c1-12-34(7)46(55(79)67-28-18-17-22-40(67)51(75)61-45(32(3)4)54(78)64(10)41(57(81)82)25-27-44(70)71)62-50(74)38(24-26-42(58)68)63(9)56(80)47(33(5)6)65(11)43(69)31-59-49(73)39-23-19-29-66(39)53(77)37(30-36-20-15-14-16-21-36)60-52(76)48(72)35(8)13-2/h14-16,20-21,32-35,37-41,45-48,72H,12-13,17-19,22-31H2,1-11H3,(H2,58,68)(H,59,73)(H,60,76)(H,61,75)(H,62,74)(H,70,71)(H,81,82)/t34?,35?,37-,38-,39-,40-,41-,45-,46-,47-,48-/m0/s1. The first-order valence-corrected chi connectivity index (χ1v) is 28.5. The molecule has 2 fully saturated rings. The van der Waals surface area contributed by atoms with Gasteiger partial charge < -0.3 is 66.8 Å². The second-order valence-electron chi connectivity index (χ2n) is 22.5. The molecule has 458 valence electrons. The lowest BCUT2D eigenvalue weighted by Gasteiger charge is -2.40. The maximum Gasteiger partial charge on any atom is 0.326 e. The van der Waals surface area contributed by atoms with Crippen molar-refractivity contribution in [1.29, 1.82) is 0 Å². The SMILES string of the molecule is CCC(C)[C@H](O)C(=O)N[C@@H](Cc1ccccc1)C(=O)N1CCC[C@H]1C(=O)NCC(=O)N(C)[C@H](C(=O)N(C)[C@@H](CCC(N)=O)C(=O)N[C@H](C(=O)N1CCCC[C@H]1C(=O)N[C@H](C(=O)N(C)[C@@H](CCC(=O)O)C(=O)O)C(C)C)C(C)CC)C(C)C. The zero-order chi connectivity index (χ0) is 61.9. The highest BCUT2D eigenvalue weighted by Gasteiger charge is 2.44. The minimum atomic E-state index is -1.50. The van der Waals surface area contributed by atoms with E-state index in [1.54, 1.807) is 78.8 Å². The summed E-state index contributed by atoms with van der Waals surface area (Å²) in [4.78, 5) is 169. The van der Waals surface area contributed by atoms with Gasteiger partial charge in [0.25, 0.3) is 0 Å². The number of primary amides is 1. The second kappa shape index (κ2) is 32.5. The Morgan fingerprint density at radius 1 is 0.634 bits per heavy atom. The molecule has 82 heavy (non-hydrogen) atoms. The second-order valence-corrected chi connectivity index (χ2v) is 22.5. The van der Waals surface area contributed by atoms with Crippen LogP contribution in [0.1, 0.15) is 132 Å². The van der Waals surface area contributed by atoms with Gasteiger partial charge >= 0.3 is 11.9 Å². The summed E-state index contributed by atoms with van der Waals surface area (Å²) < 4.78 is 0. The van der Waals surface area contributed by atoms with Crippen molar-refractivity contribution in [2.24, 2.45) is 29.4 Å². The highest BCUT2D eigenvalue weighted by molar-refractivity contribution is 5.98. The number of likely N-dealkylation sites (tertiary alicyclic amines) is 2. The van der Waals surface area contributed by atoms with E-state index in [1.807, 2.05) is 6.92 Å². The first-order chi connectivity index (χ1) is 38.5. The van der Waals surface area contributed by atoms with Crippen molar-refractivity contribution in [3.8, 4) is 0 Å². The Hall–Kier alpha value is -7.18. The number of carboxylic acid groups (broad SMARTS) is 2. The number of carbonyl (C=O) groups excluding carboxylic acids is 10. The number of carbonyl (C=O) groups is 12. The molecule has 0 radical (unpaired) electrons. The summed E-state index contributed by atoms with van der Waals surface area (Å²) in [5.74, 6) is -11.9. The summed E-state index contributed by atoms with van der Waals surface area (Å²) in [5.41, 5.74) is 6.29. The Bertz CT molecular complexity index is 2430. The zero-order valence-corrected chi connectivity index (χ0v) is 49.6. The third-order valence-electron chi connectivity index (χ3n) is 15.9. The van der Waals surface area contributed by atoms with Crippen LogP contribution in [0.2, 0.25) is 0 Å². The molecule has 2 aliphatic rings. The van der Waals surface area contributed by atoms with Crippen molar-refractivity contribution in [2.75, 3.05) is 40.8 Å². The monoisotopic (exact) mass is 1150 g/mol. The van der Waals surface area contributed by atoms with Gasteiger partial charge in [0, 0.05) is 53.5 Å². The van der Waals surface area contributed by atoms with Crippen LogP contribution in [0.4, 0.5) is 0 Å². The van der Waals surface area contributed by atoms with Crippen molar-refractivity contribution in [1.82, 2.24) is 45.8 Å². The fourth-order valence-corrected chi connectivity index (χ4v) is 10.4. The van der Waals surface area contributed by atoms with Crippen LogP contribution in [-0.2, 0) is 64.0 Å². The highest BCUT2D eigenvalue weighted by Crippen LogP contribution is 2.25. The van der Waals surface area contributed by atoms with Gasteiger partial charge in [0.05, 0.1) is 6.54 Å². The molecule has 0 aliphatic carbocycles. The Kier molecular flexibility index (Phi) is 27.3. The number of carboxylic acids is 2. The van der Waals surface area contributed by atoms with E-state index < -0.39 is 156 Å². The lowest BCUT2D eigenvalue weighted by atomic mass is 9.93. The number of aliphatic hydroxyl groups is 1. The molecule has 0 aromatic heterocycles. The Balaban J connectivity index is 1.83. The Labute approximate surface area is 481 Å². The van der Waals surface area contributed by atoms with Gasteiger partial charge in [0.2, 0.25) is 59.1 Å². The molecule has 25 nitrogen and oxygen atoms in total. The molecule has 2 unspecified atom stereocenters. The zero-order valence-electron chi connectivity index (χ0n) is 49.6. The minimum Gasteiger partial charge on any atom is -0.481 e. The number of aliphatic hydroxyl groups excluding tert-OH is 1. The third kappa shape index (κ3) is 18.9. The first-order valence-electron chi connectivity index (χ1n) is 28.5. The van der Waals surface area contributed by atoms with E-state index in [9.17, 15) is 72.9 Å². The number of nitrogens with zero attached hydrogens (tertiary/aromatic N) is 5. The molecule has 1 aromatic rings. The van der Waals surface area contributed by atoms with E-state index in [4.69, 9.17) is 5.73 Å². The smallest absolute Gasteiger partial charge is 0.326 e. The number of amides is 10. The number of hydrogen-bond donors (Lipinski definition) is 8. The predicted molar refractivity (Wildman–Crippen MR) is 300 cm³/mol. The number of likely N-dealkylation sites (N-methyl/N-ethyl adjacent to an activating group) is 3. The molecule has 2 aliphatic heterocycles. The van der Waals surface area contributed by atoms with Crippen molar-refractivity contribution in [2.45, 2.75) is 187 Å². The third-order valence-corrected chi connectivity index (χ3v) is 15.9. The topological polar surface area (TPSA) is 356 Å². The van der Waals surface area contributed by atoms with Crippen molar-refractivity contribution in [3.05, 3.63) is 35.9 Å². The first kappa shape index (κ1) is 69.1. The lowest BCUT2D eigenvalue weighted by Crippen LogP contribution is -2.63. The van der Waals surface area contributed by atoms with Crippen LogP contribution < -0.4 is 27.0 Å². The van der Waals surface area contributed by atoms with Gasteiger partial charge in [-0.05, 0) is 74.2 Å². The molecule has 25 heteroatoms. The molecule has 1 aromatic carbocycles. The molecule has 2 saturated heterocycles. The Morgan fingerprint density at radius 3 is 1.76 bits per heavy atom. The van der Waals surface area contributed by atoms with E-state index >= 15 is 0 Å². The van der Waals surface area contributed by atoms with Gasteiger partial charge in [-0.1, -0.05) is 98.6 Å². The number of piperidine rings is 1. The molecule has 11 atom stereocenters. The molecule has 0 spiro atoms. The van der Waals surface area contributed by atoms with Gasteiger partial charge in [0.15, 0.2) is 0 Å². The number of nitrogens with one attached hydrogen (secondary N) is 4. The fraction of sp³-hybridized carbons (Fsp3) is 0.684. The molecule has 9 N–H and O–H groups in total. The average Bonchev–Trinajstić information content (AvgIpc) is 3.95. The van der Waals surface area contributed by atoms with Crippen molar-refractivity contribution >= 4 is 71.0 Å². The van der Waals surface area contributed by atoms with E-state index in [0.29, 0.717) is 32.1 Å². The van der Waals surface area contributed by atoms with E-state index in [2.05, 4.69) is 21.3 Å².